The molecule has 2 unspecified atom stereocenters. The summed E-state index contributed by atoms with van der Waals surface area (Å²) in [6.07, 6.45) is 2.83. The van der Waals surface area contributed by atoms with E-state index in [2.05, 4.69) is 15.0 Å². The molecule has 1 saturated heterocycles. The number of nitrogens with one attached hydrogen (secondary N) is 2. The van der Waals surface area contributed by atoms with Gasteiger partial charge in [-0.15, -0.1) is 0 Å². The molecule has 2 aromatic carbocycles. The molecule has 0 radical (unpaired) electrons. The van der Waals surface area contributed by atoms with Crippen molar-refractivity contribution in [3.05, 3.63) is 100 Å². The third-order valence-electron chi connectivity index (χ3n) is 5.68. The summed E-state index contributed by atoms with van der Waals surface area (Å²) in [7, 11) is -3.39. The number of sulfonamides is 1. The van der Waals surface area contributed by atoms with Crippen LogP contribution >= 0.6 is 35.4 Å². The van der Waals surface area contributed by atoms with Crippen molar-refractivity contribution >= 4 is 61.9 Å². The number of furan rings is 1. The van der Waals surface area contributed by atoms with Crippen LogP contribution in [0.4, 0.5) is 11.4 Å². The maximum Gasteiger partial charge on any atom is 0.229 e. The first kappa shape index (κ1) is 24.6. The molecule has 2 aromatic heterocycles. The fraction of sp³-hybridized carbons (Fsp3) is 0.120. The molecular formula is C25H20Cl2N4O3S2. The number of hydrogen-bond acceptors (Lipinski definition) is 5. The predicted octanol–water partition coefficient (Wildman–Crippen LogP) is 6.20. The van der Waals surface area contributed by atoms with Gasteiger partial charge in [0.2, 0.25) is 10.0 Å². The van der Waals surface area contributed by atoms with Gasteiger partial charge in [0.1, 0.15) is 17.6 Å². The fourth-order valence-corrected chi connectivity index (χ4v) is 5.48. The second-order valence-corrected chi connectivity index (χ2v) is 11.1. The highest BCUT2D eigenvalue weighted by atomic mass is 35.5. The molecule has 184 valence electrons. The molecule has 7 nitrogen and oxygen atoms in total. The van der Waals surface area contributed by atoms with Crippen molar-refractivity contribution in [3.63, 3.8) is 0 Å². The standard InChI is InChI=1S/C25H20Cl2N4O3S2/c1-36(32,33)30-15-8-10-16(11-9-15)31-24(23(29-25(31)35)19-7-2-3-14-28-19)21-13-12-20(34-21)17-5-4-6-18(26)22(17)27/h2-14,23-24,30H,1H3,(H,29,35). The zero-order valence-corrected chi connectivity index (χ0v) is 22.0. The van der Waals surface area contributed by atoms with Crippen LogP contribution in [0.15, 0.2) is 83.4 Å². The highest BCUT2D eigenvalue weighted by molar-refractivity contribution is 7.92. The largest absolute Gasteiger partial charge is 0.459 e. The van der Waals surface area contributed by atoms with Gasteiger partial charge in [0, 0.05) is 23.1 Å². The van der Waals surface area contributed by atoms with E-state index in [1.807, 2.05) is 47.4 Å². The van der Waals surface area contributed by atoms with E-state index >= 15 is 0 Å². The highest BCUT2D eigenvalue weighted by Crippen LogP contribution is 2.44. The third kappa shape index (κ3) is 4.92. The fourth-order valence-electron chi connectivity index (χ4n) is 4.18. The van der Waals surface area contributed by atoms with Gasteiger partial charge in [0.25, 0.3) is 0 Å². The number of thiocarbonyl (C=S) groups is 1. The van der Waals surface area contributed by atoms with Gasteiger partial charge in [-0.25, -0.2) is 8.42 Å². The smallest absolute Gasteiger partial charge is 0.229 e. The number of benzene rings is 2. The molecule has 1 fully saturated rings. The topological polar surface area (TPSA) is 87.5 Å². The maximum atomic E-state index is 11.6. The van der Waals surface area contributed by atoms with E-state index in [-0.39, 0.29) is 12.1 Å². The Hall–Kier alpha value is -3.11. The Balaban J connectivity index is 1.57. The Morgan fingerprint density at radius 1 is 1.03 bits per heavy atom. The van der Waals surface area contributed by atoms with Crippen LogP contribution in [0, 0.1) is 0 Å². The lowest BCUT2D eigenvalue weighted by atomic mass is 10.0. The van der Waals surface area contributed by atoms with Crippen LogP contribution in [0.25, 0.3) is 11.3 Å². The molecule has 2 atom stereocenters. The molecular weight excluding hydrogens is 539 g/mol. The number of nitrogens with zero attached hydrogens (tertiary/aromatic N) is 2. The van der Waals surface area contributed by atoms with Gasteiger partial charge in [0.05, 0.1) is 28.0 Å². The molecule has 0 amide bonds. The quantitative estimate of drug-likeness (QED) is 0.272. The first-order chi connectivity index (χ1) is 17.2. The monoisotopic (exact) mass is 558 g/mol. The van der Waals surface area contributed by atoms with Gasteiger partial charge in [-0.1, -0.05) is 35.3 Å². The van der Waals surface area contributed by atoms with Crippen molar-refractivity contribution in [2.75, 3.05) is 15.9 Å². The van der Waals surface area contributed by atoms with Gasteiger partial charge in [-0.05, 0) is 72.9 Å². The first-order valence-electron chi connectivity index (χ1n) is 10.8. The van der Waals surface area contributed by atoms with E-state index in [4.69, 9.17) is 39.8 Å². The summed E-state index contributed by atoms with van der Waals surface area (Å²) in [6.45, 7) is 0. The molecule has 1 aliphatic rings. The van der Waals surface area contributed by atoms with Crippen molar-refractivity contribution in [3.8, 4) is 11.3 Å². The van der Waals surface area contributed by atoms with Crippen LogP contribution in [0.5, 0.6) is 0 Å². The number of halogens is 2. The lowest BCUT2D eigenvalue weighted by Crippen LogP contribution is -2.29. The first-order valence-corrected chi connectivity index (χ1v) is 13.9. The Labute approximate surface area is 224 Å². The Bertz CT molecular complexity index is 1530. The van der Waals surface area contributed by atoms with Crippen LogP contribution in [-0.4, -0.2) is 24.8 Å². The van der Waals surface area contributed by atoms with Crippen LogP contribution < -0.4 is 14.9 Å². The van der Waals surface area contributed by atoms with Gasteiger partial charge in [-0.3, -0.25) is 9.71 Å². The maximum absolute atomic E-state index is 11.6. The minimum atomic E-state index is -3.39. The molecule has 0 spiro atoms. The van der Waals surface area contributed by atoms with Gasteiger partial charge >= 0.3 is 0 Å². The van der Waals surface area contributed by atoms with E-state index in [1.165, 1.54) is 0 Å². The molecule has 4 aromatic rings. The SMILES string of the molecule is CS(=O)(=O)Nc1ccc(N2C(=S)NC(c3ccccn3)C2c2ccc(-c3cccc(Cl)c3Cl)o2)cc1. The van der Waals surface area contributed by atoms with Crippen molar-refractivity contribution in [2.45, 2.75) is 12.1 Å². The molecule has 0 saturated carbocycles. The molecule has 3 heterocycles. The second-order valence-electron chi connectivity index (χ2n) is 8.22. The van der Waals surface area contributed by atoms with Crippen LogP contribution in [-0.2, 0) is 10.0 Å². The molecule has 36 heavy (non-hydrogen) atoms. The molecule has 1 aliphatic heterocycles. The summed E-state index contributed by atoms with van der Waals surface area (Å²) >= 11 is 18.4. The Morgan fingerprint density at radius 3 is 2.50 bits per heavy atom. The van der Waals surface area contributed by atoms with Crippen LogP contribution in [0.3, 0.4) is 0 Å². The number of aromatic nitrogens is 1. The van der Waals surface area contributed by atoms with E-state index in [1.54, 1.807) is 36.5 Å². The Morgan fingerprint density at radius 2 is 1.81 bits per heavy atom. The summed E-state index contributed by atoms with van der Waals surface area (Å²) in [4.78, 5) is 6.47. The lowest BCUT2D eigenvalue weighted by molar-refractivity contribution is 0.439. The zero-order valence-electron chi connectivity index (χ0n) is 18.9. The number of pyridine rings is 1. The van der Waals surface area contributed by atoms with Crippen LogP contribution in [0.1, 0.15) is 23.5 Å². The van der Waals surface area contributed by atoms with Crippen molar-refractivity contribution < 1.29 is 12.8 Å². The summed E-state index contributed by atoms with van der Waals surface area (Å²) in [5.74, 6) is 1.21. The molecule has 0 aliphatic carbocycles. The van der Waals surface area contributed by atoms with Gasteiger partial charge < -0.3 is 14.6 Å². The third-order valence-corrected chi connectivity index (χ3v) is 7.42. The summed E-state index contributed by atoms with van der Waals surface area (Å²) < 4.78 is 32.0. The predicted molar refractivity (Wildman–Crippen MR) is 147 cm³/mol. The zero-order chi connectivity index (χ0) is 25.4. The summed E-state index contributed by atoms with van der Waals surface area (Å²) in [6, 6.07) is 21.1. The van der Waals surface area contributed by atoms with E-state index in [0.29, 0.717) is 37.9 Å². The Kier molecular flexibility index (Phi) is 6.65. The summed E-state index contributed by atoms with van der Waals surface area (Å²) in [5.41, 5.74) is 2.68. The van der Waals surface area contributed by atoms with E-state index in [9.17, 15) is 8.42 Å². The average molecular weight is 560 g/mol. The second kappa shape index (κ2) is 9.74. The normalized spacial score (nSPS) is 17.8. The highest BCUT2D eigenvalue weighted by Gasteiger charge is 2.42. The van der Waals surface area contributed by atoms with Crippen molar-refractivity contribution in [1.29, 1.82) is 0 Å². The van der Waals surface area contributed by atoms with Crippen LogP contribution in [0.2, 0.25) is 10.0 Å². The van der Waals surface area contributed by atoms with Gasteiger partial charge in [-0.2, -0.15) is 0 Å². The van der Waals surface area contributed by atoms with Crippen molar-refractivity contribution in [1.82, 2.24) is 10.3 Å². The number of anilines is 2. The number of hydrogen-bond donors (Lipinski definition) is 2. The van der Waals surface area contributed by atoms with Crippen molar-refractivity contribution in [2.24, 2.45) is 0 Å². The minimum absolute atomic E-state index is 0.304. The molecule has 5 rings (SSSR count). The minimum Gasteiger partial charge on any atom is -0.459 e. The summed E-state index contributed by atoms with van der Waals surface area (Å²) in [5, 5.41) is 4.70. The average Bonchev–Trinajstić information content (AvgIpc) is 3.45. The van der Waals surface area contributed by atoms with E-state index < -0.39 is 10.0 Å². The molecule has 0 bridgehead atoms. The van der Waals surface area contributed by atoms with E-state index in [0.717, 1.165) is 17.6 Å². The van der Waals surface area contributed by atoms with Gasteiger partial charge in [0.15, 0.2) is 5.11 Å². The molecule has 2 N–H and O–H groups in total. The number of rotatable bonds is 6. The lowest BCUT2D eigenvalue weighted by Gasteiger charge is -2.26. The molecule has 11 heteroatoms.